The zero-order valence-corrected chi connectivity index (χ0v) is 11.8. The number of methoxy groups -OCH3 is 1. The number of halogens is 1. The highest BCUT2D eigenvalue weighted by atomic mass is 35.5. The number of carbonyl (C=O) groups excluding carboxylic acids is 1. The van der Waals surface area contributed by atoms with E-state index in [0.29, 0.717) is 23.0 Å². The number of ether oxygens (including phenoxy) is 1. The molecule has 0 saturated carbocycles. The van der Waals surface area contributed by atoms with Crippen molar-refractivity contribution in [1.29, 1.82) is 0 Å². The molecule has 2 aromatic rings. The van der Waals surface area contributed by atoms with Crippen LogP contribution in [-0.2, 0) is 6.54 Å². The number of nitrogens with one attached hydrogen (secondary N) is 2. The summed E-state index contributed by atoms with van der Waals surface area (Å²) in [5, 5.41) is 5.94. The highest BCUT2D eigenvalue weighted by Gasteiger charge is 2.05. The van der Waals surface area contributed by atoms with Crippen LogP contribution in [0.1, 0.15) is 5.56 Å². The molecule has 2 amide bonds. The first kappa shape index (κ1) is 14.2. The van der Waals surface area contributed by atoms with Gasteiger partial charge in [0, 0.05) is 12.2 Å². The summed E-state index contributed by atoms with van der Waals surface area (Å²) in [4.78, 5) is 11.8. The van der Waals surface area contributed by atoms with Crippen LogP contribution in [0.15, 0.2) is 48.5 Å². The standard InChI is InChI=1S/C15H15ClN2O2/c1-20-14-8-7-12(9-13(14)16)18-15(19)17-10-11-5-3-2-4-6-11/h2-9H,10H2,1H3,(H2,17,18,19). The second-order valence-corrected chi connectivity index (χ2v) is 4.55. The highest BCUT2D eigenvalue weighted by Crippen LogP contribution is 2.27. The average Bonchev–Trinajstić information content (AvgIpc) is 2.46. The van der Waals surface area contributed by atoms with Gasteiger partial charge in [0.25, 0.3) is 0 Å². The number of rotatable bonds is 4. The van der Waals surface area contributed by atoms with Crippen molar-refractivity contribution in [1.82, 2.24) is 5.32 Å². The van der Waals surface area contributed by atoms with Gasteiger partial charge in [-0.15, -0.1) is 0 Å². The molecule has 0 aromatic heterocycles. The lowest BCUT2D eigenvalue weighted by atomic mass is 10.2. The predicted molar refractivity (Wildman–Crippen MR) is 80.3 cm³/mol. The van der Waals surface area contributed by atoms with Crippen LogP contribution in [0.2, 0.25) is 5.02 Å². The number of amides is 2. The van der Waals surface area contributed by atoms with Crippen LogP contribution < -0.4 is 15.4 Å². The van der Waals surface area contributed by atoms with E-state index in [-0.39, 0.29) is 6.03 Å². The van der Waals surface area contributed by atoms with E-state index in [1.165, 1.54) is 0 Å². The SMILES string of the molecule is COc1ccc(NC(=O)NCc2ccccc2)cc1Cl. The highest BCUT2D eigenvalue weighted by molar-refractivity contribution is 6.32. The Morgan fingerprint density at radius 2 is 1.95 bits per heavy atom. The Morgan fingerprint density at radius 1 is 1.20 bits per heavy atom. The molecular weight excluding hydrogens is 276 g/mol. The van der Waals surface area contributed by atoms with Gasteiger partial charge in [0.1, 0.15) is 5.75 Å². The van der Waals surface area contributed by atoms with Crippen molar-refractivity contribution in [2.24, 2.45) is 0 Å². The summed E-state index contributed by atoms with van der Waals surface area (Å²) >= 11 is 5.99. The van der Waals surface area contributed by atoms with E-state index in [9.17, 15) is 4.79 Å². The summed E-state index contributed by atoms with van der Waals surface area (Å²) in [7, 11) is 1.54. The van der Waals surface area contributed by atoms with E-state index < -0.39 is 0 Å². The maximum atomic E-state index is 11.8. The maximum Gasteiger partial charge on any atom is 0.319 e. The minimum atomic E-state index is -0.282. The molecule has 0 heterocycles. The van der Waals surface area contributed by atoms with Crippen LogP contribution in [0.4, 0.5) is 10.5 Å². The van der Waals surface area contributed by atoms with Crippen LogP contribution in [0.25, 0.3) is 0 Å². The van der Waals surface area contributed by atoms with Gasteiger partial charge < -0.3 is 15.4 Å². The molecule has 20 heavy (non-hydrogen) atoms. The Kier molecular flexibility index (Phi) is 4.85. The van der Waals surface area contributed by atoms with E-state index in [4.69, 9.17) is 16.3 Å². The summed E-state index contributed by atoms with van der Waals surface area (Å²) in [6, 6.07) is 14.5. The molecule has 0 aliphatic carbocycles. The number of benzene rings is 2. The van der Waals surface area contributed by atoms with E-state index >= 15 is 0 Å². The molecule has 0 bridgehead atoms. The molecule has 0 spiro atoms. The molecule has 5 heteroatoms. The Bertz CT molecular complexity index is 588. The van der Waals surface area contributed by atoms with Crippen molar-refractivity contribution in [2.45, 2.75) is 6.54 Å². The van der Waals surface area contributed by atoms with Crippen LogP contribution in [0, 0.1) is 0 Å². The molecule has 2 N–H and O–H groups in total. The smallest absolute Gasteiger partial charge is 0.319 e. The fraction of sp³-hybridized carbons (Fsp3) is 0.133. The molecule has 0 saturated heterocycles. The second kappa shape index (κ2) is 6.82. The minimum absolute atomic E-state index is 0.282. The van der Waals surface area contributed by atoms with Crippen molar-refractivity contribution < 1.29 is 9.53 Å². The number of urea groups is 1. The van der Waals surface area contributed by atoms with Crippen molar-refractivity contribution in [3.05, 3.63) is 59.1 Å². The van der Waals surface area contributed by atoms with Crippen LogP contribution >= 0.6 is 11.6 Å². The van der Waals surface area contributed by atoms with Gasteiger partial charge in [-0.05, 0) is 23.8 Å². The van der Waals surface area contributed by atoms with Crippen LogP contribution in [-0.4, -0.2) is 13.1 Å². The third-order valence-corrected chi connectivity index (χ3v) is 3.00. The largest absolute Gasteiger partial charge is 0.495 e. The first-order valence-electron chi connectivity index (χ1n) is 6.11. The Hall–Kier alpha value is -2.20. The number of hydrogen-bond acceptors (Lipinski definition) is 2. The molecule has 0 unspecified atom stereocenters. The van der Waals surface area contributed by atoms with Crippen molar-refractivity contribution in [3.63, 3.8) is 0 Å². The van der Waals surface area contributed by atoms with Gasteiger partial charge in [0.05, 0.1) is 12.1 Å². The Morgan fingerprint density at radius 3 is 2.60 bits per heavy atom. The maximum absolute atomic E-state index is 11.8. The third-order valence-electron chi connectivity index (χ3n) is 2.71. The van der Waals surface area contributed by atoms with E-state index in [1.807, 2.05) is 30.3 Å². The molecule has 0 aliphatic heterocycles. The molecule has 0 aliphatic rings. The summed E-state index contributed by atoms with van der Waals surface area (Å²) < 4.78 is 5.05. The quantitative estimate of drug-likeness (QED) is 0.902. The van der Waals surface area contributed by atoms with E-state index in [0.717, 1.165) is 5.56 Å². The number of carbonyl (C=O) groups is 1. The Balaban J connectivity index is 1.90. The molecule has 104 valence electrons. The Labute approximate surface area is 122 Å². The van der Waals surface area contributed by atoms with Gasteiger partial charge in [0.2, 0.25) is 0 Å². The summed E-state index contributed by atoms with van der Waals surface area (Å²) in [6.45, 7) is 0.469. The fourth-order valence-corrected chi connectivity index (χ4v) is 1.96. The van der Waals surface area contributed by atoms with Crippen LogP contribution in [0.3, 0.4) is 0 Å². The topological polar surface area (TPSA) is 50.4 Å². The second-order valence-electron chi connectivity index (χ2n) is 4.14. The first-order chi connectivity index (χ1) is 9.69. The number of anilines is 1. The minimum Gasteiger partial charge on any atom is -0.495 e. The lowest BCUT2D eigenvalue weighted by Gasteiger charge is -2.09. The lowest BCUT2D eigenvalue weighted by molar-refractivity contribution is 0.251. The average molecular weight is 291 g/mol. The van der Waals surface area contributed by atoms with Gasteiger partial charge in [-0.2, -0.15) is 0 Å². The molecular formula is C15H15ClN2O2. The summed E-state index contributed by atoms with van der Waals surface area (Å²) in [5.41, 5.74) is 1.65. The van der Waals surface area contributed by atoms with Crippen molar-refractivity contribution in [2.75, 3.05) is 12.4 Å². The third kappa shape index (κ3) is 3.90. The molecule has 2 aromatic carbocycles. The normalized spacial score (nSPS) is 9.90. The lowest BCUT2D eigenvalue weighted by Crippen LogP contribution is -2.28. The predicted octanol–water partition coefficient (Wildman–Crippen LogP) is 3.67. The fourth-order valence-electron chi connectivity index (χ4n) is 1.70. The van der Waals surface area contributed by atoms with Gasteiger partial charge in [-0.25, -0.2) is 4.79 Å². The van der Waals surface area contributed by atoms with E-state index in [1.54, 1.807) is 25.3 Å². The van der Waals surface area contributed by atoms with Crippen LogP contribution in [0.5, 0.6) is 5.75 Å². The van der Waals surface area contributed by atoms with Gasteiger partial charge >= 0.3 is 6.03 Å². The molecule has 0 radical (unpaired) electrons. The summed E-state index contributed by atoms with van der Waals surface area (Å²) in [6.07, 6.45) is 0. The van der Waals surface area contributed by atoms with Gasteiger partial charge in [-0.3, -0.25) is 0 Å². The molecule has 4 nitrogen and oxygen atoms in total. The monoisotopic (exact) mass is 290 g/mol. The van der Waals surface area contributed by atoms with Crippen molar-refractivity contribution >= 4 is 23.3 Å². The van der Waals surface area contributed by atoms with Gasteiger partial charge in [0.15, 0.2) is 0 Å². The number of hydrogen-bond donors (Lipinski definition) is 2. The first-order valence-corrected chi connectivity index (χ1v) is 6.49. The molecule has 2 rings (SSSR count). The van der Waals surface area contributed by atoms with Crippen molar-refractivity contribution in [3.8, 4) is 5.75 Å². The summed E-state index contributed by atoms with van der Waals surface area (Å²) in [5.74, 6) is 0.571. The molecule has 0 atom stereocenters. The zero-order chi connectivity index (χ0) is 14.4. The zero-order valence-electron chi connectivity index (χ0n) is 11.0. The molecule has 0 fully saturated rings. The van der Waals surface area contributed by atoms with E-state index in [2.05, 4.69) is 10.6 Å². The van der Waals surface area contributed by atoms with Gasteiger partial charge in [-0.1, -0.05) is 41.9 Å².